The van der Waals surface area contributed by atoms with E-state index in [-0.39, 0.29) is 0 Å². The van der Waals surface area contributed by atoms with E-state index >= 15 is 0 Å². The zero-order chi connectivity index (χ0) is 12.4. The van der Waals surface area contributed by atoms with E-state index < -0.39 is 0 Å². The van der Waals surface area contributed by atoms with Crippen LogP contribution in [0.25, 0.3) is 0 Å². The van der Waals surface area contributed by atoms with Crippen LogP contribution in [0.5, 0.6) is 0 Å². The van der Waals surface area contributed by atoms with Crippen LogP contribution in [-0.4, -0.2) is 36.2 Å². The Hall–Kier alpha value is -1.52. The van der Waals surface area contributed by atoms with Crippen LogP contribution >= 0.6 is 0 Å². The molecule has 5 nitrogen and oxygen atoms in total. The van der Waals surface area contributed by atoms with Crippen molar-refractivity contribution in [1.29, 1.82) is 0 Å². The molecule has 0 radical (unpaired) electrons. The predicted octanol–water partition coefficient (Wildman–Crippen LogP) is 1.63. The van der Waals surface area contributed by atoms with Gasteiger partial charge in [0.05, 0.1) is 6.54 Å². The molecule has 1 aromatic rings. The largest absolute Gasteiger partial charge is 0.364 e. The lowest BCUT2D eigenvalue weighted by Gasteiger charge is -2.38. The molecule has 1 saturated heterocycles. The number of nitrogens with one attached hydrogen (secondary N) is 1. The van der Waals surface area contributed by atoms with Gasteiger partial charge in [-0.3, -0.25) is 4.99 Å². The highest BCUT2D eigenvalue weighted by molar-refractivity contribution is 5.80. The minimum absolute atomic E-state index is 0.603. The lowest BCUT2D eigenvalue weighted by Crippen LogP contribution is -2.42. The van der Waals surface area contributed by atoms with Crippen LogP contribution in [0.2, 0.25) is 0 Å². The molecule has 1 aromatic heterocycles. The van der Waals surface area contributed by atoms with Gasteiger partial charge in [0.1, 0.15) is 12.0 Å². The van der Waals surface area contributed by atoms with Gasteiger partial charge in [-0.1, -0.05) is 11.6 Å². The summed E-state index contributed by atoms with van der Waals surface area (Å²) < 4.78 is 4.82. The van der Waals surface area contributed by atoms with Gasteiger partial charge in [0.2, 0.25) is 0 Å². The molecule has 1 aliphatic carbocycles. The lowest BCUT2D eigenvalue weighted by molar-refractivity contribution is 0.151. The van der Waals surface area contributed by atoms with Crippen molar-refractivity contribution in [3.05, 3.63) is 18.0 Å². The second kappa shape index (κ2) is 4.63. The molecule has 0 unspecified atom stereocenters. The van der Waals surface area contributed by atoms with Crippen LogP contribution in [0.15, 0.2) is 21.8 Å². The molecule has 3 rings (SSSR count). The molecule has 2 heterocycles. The second-order valence-corrected chi connectivity index (χ2v) is 5.42. The highest BCUT2D eigenvalue weighted by atomic mass is 16.5. The van der Waals surface area contributed by atoms with Crippen LogP contribution in [0.1, 0.15) is 31.4 Å². The number of nitrogens with zero attached hydrogens (tertiary/aromatic N) is 3. The molecule has 1 N–H and O–H groups in total. The Labute approximate surface area is 107 Å². The first-order chi connectivity index (χ1) is 8.81. The summed E-state index contributed by atoms with van der Waals surface area (Å²) in [6.07, 6.45) is 7.10. The fourth-order valence-electron chi connectivity index (χ4n) is 3.03. The molecule has 0 atom stereocenters. The van der Waals surface area contributed by atoms with Crippen LogP contribution < -0.4 is 5.32 Å². The number of aliphatic imine (C=N–C) groups is 1. The van der Waals surface area contributed by atoms with Crippen LogP contribution in [0.3, 0.4) is 0 Å². The summed E-state index contributed by atoms with van der Waals surface area (Å²) >= 11 is 0. The van der Waals surface area contributed by atoms with Crippen molar-refractivity contribution in [2.45, 2.75) is 32.2 Å². The Kier molecular flexibility index (Phi) is 2.97. The highest BCUT2D eigenvalue weighted by Gasteiger charge is 2.43. The maximum atomic E-state index is 4.82. The standard InChI is InChI=1S/C13H20N4O/c1-14-12(15-9-11-3-8-18-16-11)17-7-6-13(10-17)4-2-5-13/h3,8H,2,4-7,9-10H2,1H3,(H,14,15). The monoisotopic (exact) mass is 248 g/mol. The third-order valence-corrected chi connectivity index (χ3v) is 4.28. The van der Waals surface area contributed by atoms with Gasteiger partial charge in [-0.2, -0.15) is 0 Å². The first kappa shape index (κ1) is 11.6. The summed E-state index contributed by atoms with van der Waals surface area (Å²) in [5.74, 6) is 0.988. The normalized spacial score (nSPS) is 22.3. The Balaban J connectivity index is 1.56. The Morgan fingerprint density at radius 3 is 3.00 bits per heavy atom. The van der Waals surface area contributed by atoms with E-state index in [2.05, 4.69) is 20.4 Å². The maximum Gasteiger partial charge on any atom is 0.193 e. The molecular formula is C13H20N4O. The van der Waals surface area contributed by atoms with Gasteiger partial charge in [-0.15, -0.1) is 0 Å². The fraction of sp³-hybridized carbons (Fsp3) is 0.692. The molecule has 0 amide bonds. The van der Waals surface area contributed by atoms with Gasteiger partial charge >= 0.3 is 0 Å². The Morgan fingerprint density at radius 2 is 2.44 bits per heavy atom. The van der Waals surface area contributed by atoms with Crippen molar-refractivity contribution in [3.8, 4) is 0 Å². The zero-order valence-electron chi connectivity index (χ0n) is 10.9. The average Bonchev–Trinajstić information content (AvgIpc) is 2.97. The van der Waals surface area contributed by atoms with Gasteiger partial charge in [0, 0.05) is 26.2 Å². The van der Waals surface area contributed by atoms with E-state index in [9.17, 15) is 0 Å². The van der Waals surface area contributed by atoms with E-state index in [1.807, 2.05) is 13.1 Å². The second-order valence-electron chi connectivity index (χ2n) is 5.42. The van der Waals surface area contributed by atoms with Gasteiger partial charge < -0.3 is 14.7 Å². The number of guanidine groups is 1. The maximum absolute atomic E-state index is 4.82. The van der Waals surface area contributed by atoms with E-state index in [1.165, 1.54) is 25.7 Å². The quantitative estimate of drug-likeness (QED) is 0.638. The lowest BCUT2D eigenvalue weighted by atomic mass is 9.68. The van der Waals surface area contributed by atoms with E-state index in [1.54, 1.807) is 6.26 Å². The molecule has 2 fully saturated rings. The summed E-state index contributed by atoms with van der Waals surface area (Å²) in [7, 11) is 1.84. The van der Waals surface area contributed by atoms with Crippen molar-refractivity contribution in [3.63, 3.8) is 0 Å². The van der Waals surface area contributed by atoms with E-state index in [0.29, 0.717) is 12.0 Å². The van der Waals surface area contributed by atoms with Crippen molar-refractivity contribution < 1.29 is 4.52 Å². The molecule has 1 saturated carbocycles. The van der Waals surface area contributed by atoms with Gasteiger partial charge in [-0.25, -0.2) is 0 Å². The zero-order valence-corrected chi connectivity index (χ0v) is 10.9. The van der Waals surface area contributed by atoms with E-state index in [0.717, 1.165) is 24.7 Å². The Morgan fingerprint density at radius 1 is 1.56 bits per heavy atom. The predicted molar refractivity (Wildman–Crippen MR) is 69.2 cm³/mol. The molecule has 0 aromatic carbocycles. The first-order valence-electron chi connectivity index (χ1n) is 6.66. The molecular weight excluding hydrogens is 228 g/mol. The summed E-state index contributed by atoms with van der Waals surface area (Å²) in [5, 5.41) is 7.25. The molecule has 0 bridgehead atoms. The smallest absolute Gasteiger partial charge is 0.193 e. The molecule has 1 aliphatic heterocycles. The minimum atomic E-state index is 0.603. The summed E-state index contributed by atoms with van der Waals surface area (Å²) in [4.78, 5) is 6.74. The number of hydrogen-bond donors (Lipinski definition) is 1. The summed E-state index contributed by atoms with van der Waals surface area (Å²) in [6, 6.07) is 1.87. The average molecular weight is 248 g/mol. The topological polar surface area (TPSA) is 53.7 Å². The Bertz CT molecular complexity index is 422. The third-order valence-electron chi connectivity index (χ3n) is 4.28. The minimum Gasteiger partial charge on any atom is -0.364 e. The molecule has 5 heteroatoms. The summed E-state index contributed by atoms with van der Waals surface area (Å²) in [6.45, 7) is 2.96. The number of aromatic nitrogens is 1. The molecule has 98 valence electrons. The molecule has 18 heavy (non-hydrogen) atoms. The number of likely N-dealkylation sites (tertiary alicyclic amines) is 1. The number of hydrogen-bond acceptors (Lipinski definition) is 3. The van der Waals surface area contributed by atoms with Gasteiger partial charge in [-0.05, 0) is 24.7 Å². The van der Waals surface area contributed by atoms with Crippen molar-refractivity contribution in [1.82, 2.24) is 15.4 Å². The number of rotatable bonds is 2. The van der Waals surface area contributed by atoms with Crippen molar-refractivity contribution >= 4 is 5.96 Å². The van der Waals surface area contributed by atoms with Gasteiger partial charge in [0.15, 0.2) is 5.96 Å². The summed E-state index contributed by atoms with van der Waals surface area (Å²) in [5.41, 5.74) is 1.51. The highest BCUT2D eigenvalue weighted by Crippen LogP contribution is 2.47. The molecule has 2 aliphatic rings. The third kappa shape index (κ3) is 2.09. The fourth-order valence-corrected chi connectivity index (χ4v) is 3.03. The van der Waals surface area contributed by atoms with Crippen LogP contribution in [-0.2, 0) is 6.54 Å². The van der Waals surface area contributed by atoms with Crippen LogP contribution in [0.4, 0.5) is 0 Å². The van der Waals surface area contributed by atoms with Gasteiger partial charge in [0.25, 0.3) is 0 Å². The SMILES string of the molecule is CN=C(NCc1ccon1)N1CCC2(CCC2)C1. The van der Waals surface area contributed by atoms with E-state index in [4.69, 9.17) is 4.52 Å². The molecule has 1 spiro atoms. The van der Waals surface area contributed by atoms with Crippen LogP contribution in [0, 0.1) is 5.41 Å². The van der Waals surface area contributed by atoms with Crippen molar-refractivity contribution in [2.75, 3.05) is 20.1 Å². The first-order valence-corrected chi connectivity index (χ1v) is 6.66. The van der Waals surface area contributed by atoms with Crippen molar-refractivity contribution in [2.24, 2.45) is 10.4 Å².